The van der Waals surface area contributed by atoms with Gasteiger partial charge in [0.05, 0.1) is 28.4 Å². The van der Waals surface area contributed by atoms with Crippen molar-refractivity contribution < 1.29 is 38.1 Å². The molecule has 0 unspecified atom stereocenters. The van der Waals surface area contributed by atoms with Crippen LogP contribution < -0.4 is 18.9 Å². The molecular formula is C24H28O8. The summed E-state index contributed by atoms with van der Waals surface area (Å²) in [6, 6.07) is 10.2. The van der Waals surface area contributed by atoms with Crippen LogP contribution in [0.4, 0.5) is 0 Å². The molecular weight excluding hydrogens is 416 g/mol. The fourth-order valence-electron chi connectivity index (χ4n) is 3.03. The van der Waals surface area contributed by atoms with Gasteiger partial charge in [0.2, 0.25) is 0 Å². The van der Waals surface area contributed by atoms with Crippen LogP contribution in [-0.4, -0.2) is 46.2 Å². The molecule has 0 saturated heterocycles. The quantitative estimate of drug-likeness (QED) is 0.211. The minimum Gasteiger partial charge on any atom is -0.497 e. The van der Waals surface area contributed by atoms with Crippen molar-refractivity contribution in [2.24, 2.45) is 0 Å². The second-order valence-corrected chi connectivity index (χ2v) is 6.91. The smallest absolute Gasteiger partial charge is 0.311 e. The van der Waals surface area contributed by atoms with Gasteiger partial charge in [-0.05, 0) is 30.5 Å². The van der Waals surface area contributed by atoms with Crippen LogP contribution in [0, 0.1) is 0 Å². The summed E-state index contributed by atoms with van der Waals surface area (Å²) >= 11 is 0. The van der Waals surface area contributed by atoms with E-state index < -0.39 is 5.97 Å². The Morgan fingerprint density at radius 2 is 1.31 bits per heavy atom. The molecule has 0 N–H and O–H groups in total. The topological polar surface area (TPSA) is 97.4 Å². The third kappa shape index (κ3) is 7.01. The van der Waals surface area contributed by atoms with Crippen LogP contribution in [-0.2, 0) is 20.7 Å². The van der Waals surface area contributed by atoms with Crippen molar-refractivity contribution in [1.29, 1.82) is 0 Å². The van der Waals surface area contributed by atoms with E-state index in [1.807, 2.05) is 0 Å². The lowest BCUT2D eigenvalue weighted by molar-refractivity contribution is -0.141. The number of carbonyl (C=O) groups is 3. The predicted octanol–water partition coefficient (Wildman–Crippen LogP) is 3.78. The normalized spacial score (nSPS) is 10.2. The number of benzene rings is 2. The summed E-state index contributed by atoms with van der Waals surface area (Å²) in [6.07, 6.45) is 1.33. The number of unbranched alkanes of at least 4 members (excludes halogenated alkanes) is 1. The van der Waals surface area contributed by atoms with Gasteiger partial charge in [0.15, 0.2) is 5.78 Å². The Morgan fingerprint density at radius 1 is 0.719 bits per heavy atom. The molecule has 0 bridgehead atoms. The van der Waals surface area contributed by atoms with Crippen molar-refractivity contribution in [3.05, 3.63) is 47.5 Å². The molecule has 172 valence electrons. The highest BCUT2D eigenvalue weighted by molar-refractivity contribution is 6.03. The SMILES string of the molecule is COC(=O)CCCCC(=O)Oc1cc(OC)cc(OC)c1C(=O)Cc1ccc(OC)cc1. The van der Waals surface area contributed by atoms with Gasteiger partial charge < -0.3 is 23.7 Å². The van der Waals surface area contributed by atoms with Gasteiger partial charge in [-0.2, -0.15) is 0 Å². The zero-order valence-corrected chi connectivity index (χ0v) is 18.8. The molecule has 0 aliphatic heterocycles. The van der Waals surface area contributed by atoms with Crippen molar-refractivity contribution >= 4 is 17.7 Å². The maximum Gasteiger partial charge on any atom is 0.311 e. The lowest BCUT2D eigenvalue weighted by atomic mass is 10.0. The fraction of sp³-hybridized carbons (Fsp3) is 0.375. The Labute approximate surface area is 187 Å². The molecule has 0 atom stereocenters. The third-order valence-electron chi connectivity index (χ3n) is 4.76. The summed E-state index contributed by atoms with van der Waals surface area (Å²) in [5.74, 6) is 0.254. The summed E-state index contributed by atoms with van der Waals surface area (Å²) < 4.78 is 25.9. The van der Waals surface area contributed by atoms with E-state index in [0.717, 1.165) is 5.56 Å². The van der Waals surface area contributed by atoms with Gasteiger partial charge in [-0.15, -0.1) is 0 Å². The molecule has 0 fully saturated rings. The summed E-state index contributed by atoms with van der Waals surface area (Å²) in [5, 5.41) is 0. The Morgan fingerprint density at radius 3 is 1.88 bits per heavy atom. The monoisotopic (exact) mass is 444 g/mol. The minimum absolute atomic E-state index is 0.0673. The van der Waals surface area contributed by atoms with E-state index in [-0.39, 0.29) is 48.1 Å². The van der Waals surface area contributed by atoms with E-state index in [4.69, 9.17) is 18.9 Å². The van der Waals surface area contributed by atoms with Crippen molar-refractivity contribution in [2.75, 3.05) is 28.4 Å². The number of carbonyl (C=O) groups excluding carboxylic acids is 3. The average molecular weight is 444 g/mol. The largest absolute Gasteiger partial charge is 0.497 e. The second-order valence-electron chi connectivity index (χ2n) is 6.91. The van der Waals surface area contributed by atoms with E-state index in [1.165, 1.54) is 27.4 Å². The van der Waals surface area contributed by atoms with Crippen molar-refractivity contribution in [3.8, 4) is 23.0 Å². The van der Waals surface area contributed by atoms with E-state index in [1.54, 1.807) is 37.4 Å². The van der Waals surface area contributed by atoms with Gasteiger partial charge in [0.25, 0.3) is 0 Å². The Bertz CT molecular complexity index is 934. The number of methoxy groups -OCH3 is 4. The lowest BCUT2D eigenvalue weighted by Crippen LogP contribution is -2.14. The summed E-state index contributed by atoms with van der Waals surface area (Å²) in [4.78, 5) is 36.7. The Balaban J connectivity index is 2.20. The molecule has 0 radical (unpaired) electrons. The van der Waals surface area contributed by atoms with Crippen molar-refractivity contribution in [1.82, 2.24) is 0 Å². The molecule has 8 nitrogen and oxygen atoms in total. The summed E-state index contributed by atoms with van der Waals surface area (Å²) in [5.41, 5.74) is 0.931. The zero-order valence-electron chi connectivity index (χ0n) is 18.8. The van der Waals surface area contributed by atoms with Crippen LogP contribution in [0.2, 0.25) is 0 Å². The van der Waals surface area contributed by atoms with Gasteiger partial charge in [-0.25, -0.2) is 0 Å². The molecule has 8 heteroatoms. The molecule has 2 aromatic carbocycles. The number of Topliss-reactive ketones (excluding diaryl/α,β-unsaturated/α-hetero) is 1. The first kappa shape index (κ1) is 24.7. The van der Waals surface area contributed by atoms with Crippen LogP contribution >= 0.6 is 0 Å². The van der Waals surface area contributed by atoms with Gasteiger partial charge in [0, 0.05) is 31.4 Å². The average Bonchev–Trinajstić information content (AvgIpc) is 2.81. The molecule has 0 aromatic heterocycles. The van der Waals surface area contributed by atoms with Crippen LogP contribution in [0.1, 0.15) is 41.6 Å². The van der Waals surface area contributed by atoms with E-state index in [0.29, 0.717) is 24.3 Å². The van der Waals surface area contributed by atoms with Crippen LogP contribution in [0.3, 0.4) is 0 Å². The van der Waals surface area contributed by atoms with Crippen molar-refractivity contribution in [2.45, 2.75) is 32.1 Å². The summed E-state index contributed by atoms with van der Waals surface area (Å²) in [6.45, 7) is 0. The number of ether oxygens (including phenoxy) is 5. The lowest BCUT2D eigenvalue weighted by Gasteiger charge is -2.15. The van der Waals surface area contributed by atoms with E-state index in [2.05, 4.69) is 4.74 Å². The highest BCUT2D eigenvalue weighted by atomic mass is 16.5. The highest BCUT2D eigenvalue weighted by Gasteiger charge is 2.23. The molecule has 0 amide bonds. The maximum absolute atomic E-state index is 13.1. The van der Waals surface area contributed by atoms with Gasteiger partial charge in [0.1, 0.15) is 28.6 Å². The van der Waals surface area contributed by atoms with Crippen molar-refractivity contribution in [3.63, 3.8) is 0 Å². The molecule has 0 aliphatic carbocycles. The molecule has 0 spiro atoms. The van der Waals surface area contributed by atoms with Gasteiger partial charge in [-0.3, -0.25) is 14.4 Å². The Hall–Kier alpha value is -3.55. The first-order valence-electron chi connectivity index (χ1n) is 10.1. The molecule has 0 heterocycles. The third-order valence-corrected chi connectivity index (χ3v) is 4.76. The highest BCUT2D eigenvalue weighted by Crippen LogP contribution is 2.35. The molecule has 2 aromatic rings. The Kier molecular flexibility index (Phi) is 9.53. The standard InChI is InChI=1S/C24H28O8/c1-28-17-11-9-16(10-12-17)13-19(25)24-20(30-3)14-18(29-2)15-21(24)32-23(27)8-6-5-7-22(26)31-4/h9-12,14-15H,5-8,13H2,1-4H3. The second kappa shape index (κ2) is 12.3. The number of hydrogen-bond acceptors (Lipinski definition) is 8. The molecule has 0 aliphatic rings. The summed E-state index contributed by atoms with van der Waals surface area (Å²) in [7, 11) is 5.78. The predicted molar refractivity (Wildman–Crippen MR) is 117 cm³/mol. The molecule has 2 rings (SSSR count). The maximum atomic E-state index is 13.1. The molecule has 32 heavy (non-hydrogen) atoms. The molecule has 0 saturated carbocycles. The minimum atomic E-state index is -0.524. The van der Waals surface area contributed by atoms with Gasteiger partial charge >= 0.3 is 11.9 Å². The number of esters is 2. The van der Waals surface area contributed by atoms with E-state index >= 15 is 0 Å². The fourth-order valence-corrected chi connectivity index (χ4v) is 3.03. The van der Waals surface area contributed by atoms with Crippen LogP contribution in [0.5, 0.6) is 23.0 Å². The zero-order chi connectivity index (χ0) is 23.5. The number of rotatable bonds is 12. The number of ketones is 1. The number of hydrogen-bond donors (Lipinski definition) is 0. The van der Waals surface area contributed by atoms with Gasteiger partial charge in [-0.1, -0.05) is 12.1 Å². The first-order valence-corrected chi connectivity index (χ1v) is 10.1. The van der Waals surface area contributed by atoms with Crippen LogP contribution in [0.25, 0.3) is 0 Å². The first-order chi connectivity index (χ1) is 15.4. The van der Waals surface area contributed by atoms with E-state index in [9.17, 15) is 14.4 Å². The van der Waals surface area contributed by atoms with Crippen LogP contribution in [0.15, 0.2) is 36.4 Å².